The first-order valence-electron chi connectivity index (χ1n) is 5.85. The molecule has 1 aromatic heterocycles. The predicted octanol–water partition coefficient (Wildman–Crippen LogP) is 1.89. The number of para-hydroxylation sites is 2. The van der Waals surface area contributed by atoms with E-state index in [2.05, 4.69) is 9.97 Å². The number of hydrogen-bond donors (Lipinski definition) is 4. The van der Waals surface area contributed by atoms with E-state index in [1.807, 2.05) is 0 Å². The zero-order valence-electron chi connectivity index (χ0n) is 10.5. The second kappa shape index (κ2) is 4.47. The van der Waals surface area contributed by atoms with E-state index in [0.717, 1.165) is 12.1 Å². The van der Waals surface area contributed by atoms with Gasteiger partial charge >= 0.3 is 0 Å². The number of benzene rings is 2. The monoisotopic (exact) mass is 306 g/mol. The van der Waals surface area contributed by atoms with Crippen molar-refractivity contribution in [3.8, 4) is 22.9 Å². The summed E-state index contributed by atoms with van der Waals surface area (Å²) in [6.45, 7) is 0. The molecule has 0 amide bonds. The van der Waals surface area contributed by atoms with Crippen molar-refractivity contribution < 1.29 is 23.2 Å². The highest BCUT2D eigenvalue weighted by Crippen LogP contribution is 2.37. The average Bonchev–Trinajstić information content (AvgIpc) is 2.83. The Balaban J connectivity index is 2.29. The summed E-state index contributed by atoms with van der Waals surface area (Å²) in [7, 11) is -4.67. The largest absolute Gasteiger partial charge is 0.508 e. The minimum absolute atomic E-state index is 0.0289. The number of phenols is 2. The SMILES string of the molecule is O=S(=O)(O)c1cc(O)cc(-c2nc3ccccc3[nH]2)c1O. The van der Waals surface area contributed by atoms with E-state index in [9.17, 15) is 18.6 Å². The second-order valence-corrected chi connectivity index (χ2v) is 5.81. The van der Waals surface area contributed by atoms with E-state index in [0.29, 0.717) is 11.0 Å². The number of aromatic nitrogens is 2. The first kappa shape index (κ1) is 13.4. The Labute approximate surface area is 119 Å². The molecular weight excluding hydrogens is 296 g/mol. The third-order valence-electron chi connectivity index (χ3n) is 2.98. The highest BCUT2D eigenvalue weighted by molar-refractivity contribution is 7.86. The average molecular weight is 306 g/mol. The van der Waals surface area contributed by atoms with Crippen LogP contribution < -0.4 is 0 Å². The van der Waals surface area contributed by atoms with Crippen LogP contribution in [-0.4, -0.2) is 33.2 Å². The Bertz CT molecular complexity index is 913. The van der Waals surface area contributed by atoms with Gasteiger partial charge in [0.2, 0.25) is 0 Å². The summed E-state index contributed by atoms with van der Waals surface area (Å²) in [5, 5.41) is 19.6. The van der Waals surface area contributed by atoms with Gasteiger partial charge in [0.15, 0.2) is 0 Å². The lowest BCUT2D eigenvalue weighted by atomic mass is 10.2. The summed E-state index contributed by atoms with van der Waals surface area (Å²) in [5.74, 6) is -0.931. The van der Waals surface area contributed by atoms with Gasteiger partial charge in [-0.05, 0) is 18.2 Å². The number of rotatable bonds is 2. The molecule has 108 valence electrons. The number of H-pyrrole nitrogens is 1. The maximum absolute atomic E-state index is 11.2. The first-order valence-corrected chi connectivity index (χ1v) is 7.29. The maximum atomic E-state index is 11.2. The standard InChI is InChI=1S/C13H10N2O5S/c16-7-5-8(12(17)11(6-7)21(18,19)20)13-14-9-3-1-2-4-10(9)15-13/h1-6,16-17H,(H,14,15)(H,18,19,20). The number of aromatic amines is 1. The van der Waals surface area contributed by atoms with Crippen LogP contribution in [0.2, 0.25) is 0 Å². The molecule has 3 aromatic rings. The molecule has 2 aromatic carbocycles. The number of nitrogens with one attached hydrogen (secondary N) is 1. The number of imidazole rings is 1. The number of fused-ring (bicyclic) bond motifs is 1. The molecule has 7 nitrogen and oxygen atoms in total. The minimum atomic E-state index is -4.67. The van der Waals surface area contributed by atoms with E-state index < -0.39 is 26.5 Å². The molecule has 0 aliphatic carbocycles. The van der Waals surface area contributed by atoms with E-state index in [-0.39, 0.29) is 11.4 Å². The molecular formula is C13H10N2O5S. The van der Waals surface area contributed by atoms with Gasteiger partial charge in [0.1, 0.15) is 22.2 Å². The lowest BCUT2D eigenvalue weighted by Crippen LogP contribution is -1.99. The predicted molar refractivity (Wildman–Crippen MR) is 74.7 cm³/mol. The maximum Gasteiger partial charge on any atom is 0.298 e. The zero-order valence-corrected chi connectivity index (χ0v) is 11.3. The summed E-state index contributed by atoms with van der Waals surface area (Å²) < 4.78 is 31.5. The van der Waals surface area contributed by atoms with Crippen molar-refractivity contribution in [1.29, 1.82) is 0 Å². The summed E-state index contributed by atoms with van der Waals surface area (Å²) >= 11 is 0. The van der Waals surface area contributed by atoms with Gasteiger partial charge < -0.3 is 15.2 Å². The molecule has 0 saturated heterocycles. The van der Waals surface area contributed by atoms with Crippen LogP contribution in [0.4, 0.5) is 0 Å². The summed E-state index contributed by atoms with van der Waals surface area (Å²) in [6, 6.07) is 8.97. The quantitative estimate of drug-likeness (QED) is 0.423. The van der Waals surface area contributed by atoms with Gasteiger partial charge in [0.05, 0.1) is 16.6 Å². The number of hydrogen-bond acceptors (Lipinski definition) is 5. The molecule has 0 bridgehead atoms. The topological polar surface area (TPSA) is 124 Å². The molecule has 0 spiro atoms. The highest BCUT2D eigenvalue weighted by atomic mass is 32.2. The van der Waals surface area contributed by atoms with Crippen molar-refractivity contribution in [2.75, 3.05) is 0 Å². The lowest BCUT2D eigenvalue weighted by Gasteiger charge is -2.07. The van der Waals surface area contributed by atoms with Crippen molar-refractivity contribution in [2.45, 2.75) is 4.90 Å². The van der Waals surface area contributed by atoms with Gasteiger partial charge in [-0.25, -0.2) is 4.98 Å². The zero-order chi connectivity index (χ0) is 15.2. The van der Waals surface area contributed by atoms with Gasteiger partial charge in [0.25, 0.3) is 10.1 Å². The number of aromatic hydroxyl groups is 2. The molecule has 0 aliphatic rings. The Morgan fingerprint density at radius 3 is 2.48 bits per heavy atom. The van der Waals surface area contributed by atoms with Crippen molar-refractivity contribution in [2.24, 2.45) is 0 Å². The van der Waals surface area contributed by atoms with Crippen LogP contribution in [-0.2, 0) is 10.1 Å². The molecule has 1 heterocycles. The normalized spacial score (nSPS) is 11.9. The molecule has 21 heavy (non-hydrogen) atoms. The van der Waals surface area contributed by atoms with Crippen LogP contribution in [0.3, 0.4) is 0 Å². The molecule has 0 atom stereocenters. The summed E-state index contributed by atoms with van der Waals surface area (Å²) in [4.78, 5) is 6.33. The van der Waals surface area contributed by atoms with Gasteiger partial charge in [0, 0.05) is 6.07 Å². The van der Waals surface area contributed by atoms with Crippen molar-refractivity contribution in [3.63, 3.8) is 0 Å². The highest BCUT2D eigenvalue weighted by Gasteiger charge is 2.22. The fourth-order valence-electron chi connectivity index (χ4n) is 2.05. The molecule has 3 rings (SSSR count). The Kier molecular flexibility index (Phi) is 2.85. The van der Waals surface area contributed by atoms with Crippen molar-refractivity contribution >= 4 is 21.2 Å². The smallest absolute Gasteiger partial charge is 0.298 e. The molecule has 8 heteroatoms. The van der Waals surface area contributed by atoms with Crippen LogP contribution in [0.1, 0.15) is 0 Å². The first-order chi connectivity index (χ1) is 9.86. The fourth-order valence-corrected chi connectivity index (χ4v) is 2.67. The van der Waals surface area contributed by atoms with Crippen LogP contribution in [0.25, 0.3) is 22.4 Å². The molecule has 0 aliphatic heterocycles. The summed E-state index contributed by atoms with van der Waals surface area (Å²) in [5.41, 5.74) is 1.27. The fraction of sp³-hybridized carbons (Fsp3) is 0. The van der Waals surface area contributed by atoms with Crippen molar-refractivity contribution in [1.82, 2.24) is 9.97 Å². The van der Waals surface area contributed by atoms with E-state index in [4.69, 9.17) is 4.55 Å². The van der Waals surface area contributed by atoms with Crippen LogP contribution in [0, 0.1) is 0 Å². The Hall–Kier alpha value is -2.58. The molecule has 0 fully saturated rings. The van der Waals surface area contributed by atoms with Crippen LogP contribution in [0.5, 0.6) is 11.5 Å². The molecule has 0 unspecified atom stereocenters. The van der Waals surface area contributed by atoms with E-state index in [1.54, 1.807) is 24.3 Å². The van der Waals surface area contributed by atoms with Crippen molar-refractivity contribution in [3.05, 3.63) is 36.4 Å². The van der Waals surface area contributed by atoms with E-state index >= 15 is 0 Å². The molecule has 0 saturated carbocycles. The van der Waals surface area contributed by atoms with Crippen LogP contribution in [0.15, 0.2) is 41.3 Å². The van der Waals surface area contributed by atoms with Gasteiger partial charge in [-0.1, -0.05) is 12.1 Å². The third-order valence-corrected chi connectivity index (χ3v) is 3.85. The molecule has 0 radical (unpaired) electrons. The number of nitrogens with zero attached hydrogens (tertiary/aromatic N) is 1. The Morgan fingerprint density at radius 1 is 1.10 bits per heavy atom. The summed E-state index contributed by atoms with van der Waals surface area (Å²) in [6.07, 6.45) is 0. The number of phenolic OH excluding ortho intramolecular Hbond substituents is 2. The second-order valence-electron chi connectivity index (χ2n) is 4.42. The van der Waals surface area contributed by atoms with E-state index in [1.165, 1.54) is 0 Å². The van der Waals surface area contributed by atoms with Gasteiger partial charge in [-0.2, -0.15) is 8.42 Å². The van der Waals surface area contributed by atoms with Crippen LogP contribution >= 0.6 is 0 Å². The Morgan fingerprint density at radius 2 is 1.81 bits per heavy atom. The van der Waals surface area contributed by atoms with Gasteiger partial charge in [-0.15, -0.1) is 0 Å². The third kappa shape index (κ3) is 2.30. The lowest BCUT2D eigenvalue weighted by molar-refractivity contribution is 0.434. The minimum Gasteiger partial charge on any atom is -0.508 e. The van der Waals surface area contributed by atoms with Gasteiger partial charge in [-0.3, -0.25) is 4.55 Å². The molecule has 4 N–H and O–H groups in total.